The maximum atomic E-state index is 11.8. The zero-order chi connectivity index (χ0) is 13.2. The predicted molar refractivity (Wildman–Crippen MR) is 66.6 cm³/mol. The quantitative estimate of drug-likeness (QED) is 0.758. The number of nitriles is 1. The number of amides is 1. The highest BCUT2D eigenvalue weighted by Gasteiger charge is 2.54. The molecule has 5 heteroatoms. The second kappa shape index (κ2) is 5.25. The van der Waals surface area contributed by atoms with Gasteiger partial charge >= 0.3 is 0 Å². The maximum Gasteiger partial charge on any atom is 0.223 e. The molecule has 1 aliphatic heterocycles. The SMILES string of the molecule is CN(CCC#N)C(=O)CCN1CC(O)C2(CC2)C1. The summed E-state index contributed by atoms with van der Waals surface area (Å²) in [5.74, 6) is 0.0801. The van der Waals surface area contributed by atoms with Gasteiger partial charge in [-0.2, -0.15) is 5.26 Å². The topological polar surface area (TPSA) is 67.6 Å². The minimum absolute atomic E-state index is 0.0801. The van der Waals surface area contributed by atoms with Gasteiger partial charge in [0.2, 0.25) is 5.91 Å². The number of likely N-dealkylation sites (tertiary alicyclic amines) is 1. The highest BCUT2D eigenvalue weighted by molar-refractivity contribution is 5.76. The zero-order valence-electron chi connectivity index (χ0n) is 10.9. The first-order valence-electron chi connectivity index (χ1n) is 6.59. The van der Waals surface area contributed by atoms with E-state index in [1.165, 1.54) is 0 Å². The molecule has 100 valence electrons. The van der Waals surface area contributed by atoms with Gasteiger partial charge in [-0.1, -0.05) is 0 Å². The molecule has 0 aromatic heterocycles. The van der Waals surface area contributed by atoms with Crippen LogP contribution in [0.2, 0.25) is 0 Å². The van der Waals surface area contributed by atoms with E-state index < -0.39 is 0 Å². The molecule has 1 saturated heterocycles. The molecule has 0 bridgehead atoms. The lowest BCUT2D eigenvalue weighted by Crippen LogP contribution is -2.32. The van der Waals surface area contributed by atoms with Crippen molar-refractivity contribution in [2.24, 2.45) is 5.41 Å². The molecule has 1 heterocycles. The first-order chi connectivity index (χ1) is 8.57. The van der Waals surface area contributed by atoms with Crippen LogP contribution in [0.1, 0.15) is 25.7 Å². The molecule has 2 rings (SSSR count). The monoisotopic (exact) mass is 251 g/mol. The van der Waals surface area contributed by atoms with E-state index in [4.69, 9.17) is 5.26 Å². The van der Waals surface area contributed by atoms with Gasteiger partial charge in [-0.3, -0.25) is 9.69 Å². The van der Waals surface area contributed by atoms with E-state index >= 15 is 0 Å². The molecule has 2 fully saturated rings. The third-order valence-electron chi connectivity index (χ3n) is 4.20. The van der Waals surface area contributed by atoms with Crippen LogP contribution in [-0.4, -0.2) is 60.1 Å². The van der Waals surface area contributed by atoms with Crippen LogP contribution in [0.3, 0.4) is 0 Å². The Bertz CT molecular complexity index is 360. The summed E-state index contributed by atoms with van der Waals surface area (Å²) in [7, 11) is 1.74. The van der Waals surface area contributed by atoms with Gasteiger partial charge < -0.3 is 10.0 Å². The normalized spacial score (nSPS) is 25.1. The molecule has 1 N–H and O–H groups in total. The molecular weight excluding hydrogens is 230 g/mol. The van der Waals surface area contributed by atoms with Gasteiger partial charge in [0.1, 0.15) is 0 Å². The average Bonchev–Trinajstić information content (AvgIpc) is 3.05. The molecular formula is C13H21N3O2. The summed E-state index contributed by atoms with van der Waals surface area (Å²) in [5.41, 5.74) is 0.162. The predicted octanol–water partition coefficient (Wildman–Crippen LogP) is 0.205. The first kappa shape index (κ1) is 13.3. The molecule has 18 heavy (non-hydrogen) atoms. The van der Waals surface area contributed by atoms with E-state index in [2.05, 4.69) is 4.90 Å². The van der Waals surface area contributed by atoms with Crippen molar-refractivity contribution in [2.75, 3.05) is 33.2 Å². The number of rotatable bonds is 5. The van der Waals surface area contributed by atoms with Crippen LogP contribution in [0, 0.1) is 16.7 Å². The van der Waals surface area contributed by atoms with Crippen LogP contribution < -0.4 is 0 Å². The number of aliphatic hydroxyl groups is 1. The fraction of sp³-hybridized carbons (Fsp3) is 0.846. The fourth-order valence-electron chi connectivity index (χ4n) is 2.66. The highest BCUT2D eigenvalue weighted by atomic mass is 16.3. The average molecular weight is 251 g/mol. The van der Waals surface area contributed by atoms with E-state index in [-0.39, 0.29) is 17.4 Å². The summed E-state index contributed by atoms with van der Waals surface area (Å²) in [6.45, 7) is 2.86. The summed E-state index contributed by atoms with van der Waals surface area (Å²) in [4.78, 5) is 15.6. The van der Waals surface area contributed by atoms with Crippen LogP contribution >= 0.6 is 0 Å². The van der Waals surface area contributed by atoms with Gasteiger partial charge in [-0.25, -0.2) is 0 Å². The molecule has 1 saturated carbocycles. The number of β-amino-alcohol motifs (C(OH)–C–C–N with tert-alkyl or cyclic N) is 1. The van der Waals surface area contributed by atoms with Gasteiger partial charge in [0.05, 0.1) is 18.6 Å². The van der Waals surface area contributed by atoms with E-state index in [1.807, 2.05) is 6.07 Å². The van der Waals surface area contributed by atoms with Crippen LogP contribution in [0.15, 0.2) is 0 Å². The van der Waals surface area contributed by atoms with E-state index in [0.717, 1.165) is 19.4 Å². The molecule has 1 atom stereocenters. The Kier molecular flexibility index (Phi) is 3.88. The third kappa shape index (κ3) is 2.82. The minimum Gasteiger partial charge on any atom is -0.391 e. The highest BCUT2D eigenvalue weighted by Crippen LogP contribution is 2.52. The summed E-state index contributed by atoms with van der Waals surface area (Å²) in [6, 6.07) is 2.04. The van der Waals surface area contributed by atoms with Gasteiger partial charge in [0.25, 0.3) is 0 Å². The van der Waals surface area contributed by atoms with Crippen molar-refractivity contribution in [3.05, 3.63) is 0 Å². The molecule has 1 amide bonds. The Morgan fingerprint density at radius 2 is 2.33 bits per heavy atom. The van der Waals surface area contributed by atoms with Crippen molar-refractivity contribution in [1.29, 1.82) is 5.26 Å². The molecule has 0 aromatic rings. The van der Waals surface area contributed by atoms with Crippen LogP contribution in [-0.2, 0) is 4.79 Å². The number of aliphatic hydroxyl groups excluding tert-OH is 1. The zero-order valence-corrected chi connectivity index (χ0v) is 10.9. The molecule has 1 unspecified atom stereocenters. The summed E-state index contributed by atoms with van der Waals surface area (Å²) in [5, 5.41) is 18.4. The van der Waals surface area contributed by atoms with E-state index in [1.54, 1.807) is 11.9 Å². The van der Waals surface area contributed by atoms with Crippen molar-refractivity contribution in [1.82, 2.24) is 9.80 Å². The number of carbonyl (C=O) groups is 1. The van der Waals surface area contributed by atoms with Gasteiger partial charge in [0, 0.05) is 45.1 Å². The lowest BCUT2D eigenvalue weighted by atomic mass is 10.0. The Hall–Kier alpha value is -1.12. The summed E-state index contributed by atoms with van der Waals surface area (Å²) >= 11 is 0. The van der Waals surface area contributed by atoms with Gasteiger partial charge in [-0.15, -0.1) is 0 Å². The Morgan fingerprint density at radius 3 is 2.89 bits per heavy atom. The standard InChI is InChI=1S/C13H21N3O2/c1-15(7-2-6-14)12(18)3-8-16-9-11(17)13(10-16)4-5-13/h11,17H,2-5,7-10H2,1H3. The lowest BCUT2D eigenvalue weighted by molar-refractivity contribution is -0.130. The number of carbonyl (C=O) groups excluding carboxylic acids is 1. The summed E-state index contributed by atoms with van der Waals surface area (Å²) in [6.07, 6.45) is 2.91. The van der Waals surface area contributed by atoms with Crippen LogP contribution in [0.5, 0.6) is 0 Å². The van der Waals surface area contributed by atoms with Crippen LogP contribution in [0.4, 0.5) is 0 Å². The largest absolute Gasteiger partial charge is 0.391 e. The van der Waals surface area contributed by atoms with Gasteiger partial charge in [-0.05, 0) is 12.8 Å². The Morgan fingerprint density at radius 1 is 1.61 bits per heavy atom. The first-order valence-corrected chi connectivity index (χ1v) is 6.59. The van der Waals surface area contributed by atoms with Crippen LogP contribution in [0.25, 0.3) is 0 Å². The maximum absolute atomic E-state index is 11.8. The Labute approximate surface area is 108 Å². The number of nitrogens with zero attached hydrogens (tertiary/aromatic N) is 3. The fourth-order valence-corrected chi connectivity index (χ4v) is 2.66. The molecule has 0 aromatic carbocycles. The third-order valence-corrected chi connectivity index (χ3v) is 4.20. The lowest BCUT2D eigenvalue weighted by Gasteiger charge is -2.19. The second-order valence-corrected chi connectivity index (χ2v) is 5.59. The molecule has 1 aliphatic carbocycles. The second-order valence-electron chi connectivity index (χ2n) is 5.59. The smallest absolute Gasteiger partial charge is 0.223 e. The van der Waals surface area contributed by atoms with E-state index in [0.29, 0.717) is 32.5 Å². The Balaban J connectivity index is 1.69. The molecule has 1 spiro atoms. The molecule has 0 radical (unpaired) electrons. The summed E-state index contributed by atoms with van der Waals surface area (Å²) < 4.78 is 0. The van der Waals surface area contributed by atoms with Crippen molar-refractivity contribution in [2.45, 2.75) is 31.8 Å². The van der Waals surface area contributed by atoms with Crippen molar-refractivity contribution >= 4 is 5.91 Å². The number of hydrogen-bond acceptors (Lipinski definition) is 4. The number of hydrogen-bond donors (Lipinski definition) is 1. The van der Waals surface area contributed by atoms with E-state index in [9.17, 15) is 9.90 Å². The minimum atomic E-state index is -0.205. The molecule has 5 nitrogen and oxygen atoms in total. The van der Waals surface area contributed by atoms with Crippen molar-refractivity contribution in [3.8, 4) is 6.07 Å². The van der Waals surface area contributed by atoms with Crippen molar-refractivity contribution in [3.63, 3.8) is 0 Å². The molecule has 2 aliphatic rings. The van der Waals surface area contributed by atoms with Crippen molar-refractivity contribution < 1.29 is 9.90 Å². The van der Waals surface area contributed by atoms with Gasteiger partial charge in [0.15, 0.2) is 0 Å².